The Hall–Kier alpha value is -0.280. The zero-order valence-corrected chi connectivity index (χ0v) is 8.23. The van der Waals surface area contributed by atoms with Crippen LogP contribution in [-0.2, 0) is 4.74 Å². The van der Waals surface area contributed by atoms with E-state index in [9.17, 15) is 0 Å². The summed E-state index contributed by atoms with van der Waals surface area (Å²) in [5, 5.41) is 32.5. The zero-order valence-electron chi connectivity index (χ0n) is 8.23. The standard InChI is InChI=1S/C4H13N3O3.C3H6O/c8-1-5-4(6-2-9)7-3-10;1-3-2-4-3/h4-10H,1-3H2;3H,2H2,1H3. The SMILES string of the molecule is CC1CO1.OCNC(NCO)NCO. The van der Waals surface area contributed by atoms with Crippen LogP contribution < -0.4 is 16.0 Å². The summed E-state index contributed by atoms with van der Waals surface area (Å²) in [6.45, 7) is 2.35. The molecule has 14 heavy (non-hydrogen) atoms. The maximum atomic E-state index is 8.34. The number of aliphatic hydroxyl groups is 3. The Balaban J connectivity index is 0.000000344. The number of aliphatic hydroxyl groups excluding tert-OH is 3. The number of nitrogens with one attached hydrogen (secondary N) is 3. The van der Waals surface area contributed by atoms with Crippen molar-refractivity contribution in [3.63, 3.8) is 0 Å². The first-order valence-corrected chi connectivity index (χ1v) is 4.39. The third-order valence-electron chi connectivity index (χ3n) is 1.39. The fourth-order valence-corrected chi connectivity index (χ4v) is 0.587. The number of rotatable bonds is 6. The highest BCUT2D eigenvalue weighted by atomic mass is 16.6. The van der Waals surface area contributed by atoms with Gasteiger partial charge in [-0.25, -0.2) is 0 Å². The minimum absolute atomic E-state index is 0.231. The van der Waals surface area contributed by atoms with Crippen molar-refractivity contribution in [3.8, 4) is 0 Å². The van der Waals surface area contributed by atoms with E-state index in [1.807, 2.05) is 0 Å². The number of epoxide rings is 1. The van der Waals surface area contributed by atoms with Crippen LogP contribution in [0.4, 0.5) is 0 Å². The van der Waals surface area contributed by atoms with E-state index in [0.717, 1.165) is 6.61 Å². The average molecular weight is 209 g/mol. The van der Waals surface area contributed by atoms with E-state index in [0.29, 0.717) is 6.10 Å². The van der Waals surface area contributed by atoms with Gasteiger partial charge in [0.25, 0.3) is 0 Å². The molecular weight excluding hydrogens is 190 g/mol. The minimum Gasteiger partial charge on any atom is -0.381 e. The average Bonchev–Trinajstić information content (AvgIpc) is 2.90. The van der Waals surface area contributed by atoms with Crippen molar-refractivity contribution in [2.75, 3.05) is 26.8 Å². The molecule has 86 valence electrons. The number of hydrogen-bond donors (Lipinski definition) is 6. The fraction of sp³-hybridized carbons (Fsp3) is 1.00. The predicted molar refractivity (Wildman–Crippen MR) is 49.9 cm³/mol. The molecule has 0 bridgehead atoms. The lowest BCUT2D eigenvalue weighted by Gasteiger charge is -2.17. The zero-order chi connectivity index (χ0) is 10.8. The summed E-state index contributed by atoms with van der Waals surface area (Å²) < 4.78 is 4.71. The van der Waals surface area contributed by atoms with Crippen molar-refractivity contribution in [2.45, 2.75) is 19.3 Å². The van der Waals surface area contributed by atoms with E-state index in [4.69, 9.17) is 20.1 Å². The second-order valence-corrected chi connectivity index (χ2v) is 2.66. The summed E-state index contributed by atoms with van der Waals surface area (Å²) in [4.78, 5) is 0. The highest BCUT2D eigenvalue weighted by Crippen LogP contribution is 2.04. The van der Waals surface area contributed by atoms with Gasteiger partial charge >= 0.3 is 0 Å². The highest BCUT2D eigenvalue weighted by molar-refractivity contribution is 4.58. The Labute approximate surface area is 83.1 Å². The molecule has 1 aliphatic rings. The van der Waals surface area contributed by atoms with Gasteiger partial charge in [0.05, 0.1) is 32.9 Å². The van der Waals surface area contributed by atoms with Crippen LogP contribution in [0.1, 0.15) is 6.92 Å². The second kappa shape index (κ2) is 9.28. The lowest BCUT2D eigenvalue weighted by atomic mass is 10.6. The third-order valence-corrected chi connectivity index (χ3v) is 1.39. The molecule has 1 atom stereocenters. The van der Waals surface area contributed by atoms with Crippen LogP contribution in [0.2, 0.25) is 0 Å². The van der Waals surface area contributed by atoms with E-state index in [-0.39, 0.29) is 20.2 Å². The normalized spacial score (nSPS) is 19.1. The van der Waals surface area contributed by atoms with Gasteiger partial charge in [-0.2, -0.15) is 0 Å². The van der Waals surface area contributed by atoms with E-state index < -0.39 is 6.29 Å². The molecule has 1 heterocycles. The van der Waals surface area contributed by atoms with Gasteiger partial charge in [-0.3, -0.25) is 16.0 Å². The summed E-state index contributed by atoms with van der Waals surface area (Å²) in [6.07, 6.45) is 0.111. The Morgan fingerprint density at radius 3 is 1.57 bits per heavy atom. The molecule has 1 aliphatic heterocycles. The van der Waals surface area contributed by atoms with Crippen molar-refractivity contribution in [1.82, 2.24) is 16.0 Å². The quantitative estimate of drug-likeness (QED) is 0.208. The fourth-order valence-electron chi connectivity index (χ4n) is 0.587. The molecule has 0 aromatic heterocycles. The van der Waals surface area contributed by atoms with Gasteiger partial charge in [-0.05, 0) is 6.92 Å². The van der Waals surface area contributed by atoms with Crippen LogP contribution in [-0.4, -0.2) is 54.5 Å². The topological polar surface area (TPSA) is 109 Å². The summed E-state index contributed by atoms with van der Waals surface area (Å²) in [5.41, 5.74) is 0. The molecule has 0 aromatic carbocycles. The Morgan fingerprint density at radius 1 is 1.14 bits per heavy atom. The molecule has 7 heteroatoms. The van der Waals surface area contributed by atoms with Gasteiger partial charge < -0.3 is 20.1 Å². The van der Waals surface area contributed by atoms with Gasteiger partial charge in [-0.15, -0.1) is 0 Å². The van der Waals surface area contributed by atoms with Crippen molar-refractivity contribution in [2.24, 2.45) is 0 Å². The lowest BCUT2D eigenvalue weighted by molar-refractivity contribution is 0.143. The second-order valence-electron chi connectivity index (χ2n) is 2.66. The van der Waals surface area contributed by atoms with Crippen molar-refractivity contribution >= 4 is 0 Å². The summed E-state index contributed by atoms with van der Waals surface area (Å²) in [5.74, 6) is 0. The molecule has 0 aromatic rings. The van der Waals surface area contributed by atoms with Crippen LogP contribution in [0.15, 0.2) is 0 Å². The summed E-state index contributed by atoms with van der Waals surface area (Å²) >= 11 is 0. The summed E-state index contributed by atoms with van der Waals surface area (Å²) in [7, 11) is 0. The molecule has 1 fully saturated rings. The van der Waals surface area contributed by atoms with Gasteiger partial charge in [0, 0.05) is 0 Å². The van der Waals surface area contributed by atoms with E-state index in [2.05, 4.69) is 22.9 Å². The molecule has 0 radical (unpaired) electrons. The molecule has 1 rings (SSSR count). The van der Waals surface area contributed by atoms with Crippen LogP contribution in [0, 0.1) is 0 Å². The van der Waals surface area contributed by atoms with Crippen LogP contribution in [0.3, 0.4) is 0 Å². The first kappa shape index (κ1) is 13.7. The van der Waals surface area contributed by atoms with Crippen molar-refractivity contribution in [1.29, 1.82) is 0 Å². The molecule has 0 saturated carbocycles. The van der Waals surface area contributed by atoms with Crippen LogP contribution in [0.25, 0.3) is 0 Å². The molecule has 0 amide bonds. The van der Waals surface area contributed by atoms with Crippen LogP contribution >= 0.6 is 0 Å². The Bertz CT molecular complexity index is 109. The number of ether oxygens (including phenoxy) is 1. The molecule has 7 nitrogen and oxygen atoms in total. The van der Waals surface area contributed by atoms with Gasteiger partial charge in [0.2, 0.25) is 0 Å². The van der Waals surface area contributed by atoms with Gasteiger partial charge in [0.1, 0.15) is 6.29 Å². The molecule has 1 saturated heterocycles. The first-order valence-electron chi connectivity index (χ1n) is 4.39. The summed E-state index contributed by atoms with van der Waals surface area (Å²) in [6, 6.07) is 0. The smallest absolute Gasteiger partial charge is 0.117 e. The minimum atomic E-state index is -0.472. The maximum Gasteiger partial charge on any atom is 0.117 e. The third kappa shape index (κ3) is 9.81. The van der Waals surface area contributed by atoms with Crippen molar-refractivity contribution < 1.29 is 20.1 Å². The maximum absolute atomic E-state index is 8.34. The predicted octanol–water partition coefficient (Wildman–Crippen LogP) is -2.71. The molecule has 0 aliphatic carbocycles. The van der Waals surface area contributed by atoms with E-state index in [1.165, 1.54) is 0 Å². The van der Waals surface area contributed by atoms with E-state index >= 15 is 0 Å². The van der Waals surface area contributed by atoms with Crippen LogP contribution in [0.5, 0.6) is 0 Å². The first-order chi connectivity index (χ1) is 6.74. The molecular formula is C7H19N3O4. The van der Waals surface area contributed by atoms with E-state index in [1.54, 1.807) is 0 Å². The lowest BCUT2D eigenvalue weighted by Crippen LogP contribution is -2.53. The molecule has 6 N–H and O–H groups in total. The van der Waals surface area contributed by atoms with Gasteiger partial charge in [-0.1, -0.05) is 0 Å². The highest BCUT2D eigenvalue weighted by Gasteiger charge is 2.13. The largest absolute Gasteiger partial charge is 0.381 e. The van der Waals surface area contributed by atoms with Crippen molar-refractivity contribution in [3.05, 3.63) is 0 Å². The monoisotopic (exact) mass is 209 g/mol. The van der Waals surface area contributed by atoms with Gasteiger partial charge in [0.15, 0.2) is 0 Å². The Morgan fingerprint density at radius 2 is 1.43 bits per heavy atom. The Kier molecular flexibility index (Phi) is 9.10. The molecule has 0 spiro atoms. The number of hydrogen-bond acceptors (Lipinski definition) is 7. The molecule has 1 unspecified atom stereocenters.